The van der Waals surface area contributed by atoms with E-state index in [1.807, 2.05) is 0 Å². The minimum absolute atomic E-state index is 0.0949. The van der Waals surface area contributed by atoms with E-state index >= 15 is 0 Å². The average molecular weight is 424 g/mol. The lowest BCUT2D eigenvalue weighted by atomic mass is 10.2. The molecule has 2 aliphatic rings. The Morgan fingerprint density at radius 3 is 2.19 bits per heavy atom. The molecule has 2 saturated heterocycles. The number of methoxy groups -OCH3 is 2. The summed E-state index contributed by atoms with van der Waals surface area (Å²) >= 11 is 0. The van der Waals surface area contributed by atoms with Crippen molar-refractivity contribution < 1.29 is 23.9 Å². The standard InChI is InChI=1S/C22H24N4O5/c1-30-18-11-10-17(20(23-18)31-2)22(29)26-14-4-13-25(26)21(28)15-6-8-16(9-7-15)24-12-3-5-19(24)27/h6-11H,3-5,12-14H2,1-2H3. The average Bonchev–Trinajstić information content (AvgIpc) is 3.47. The van der Waals surface area contributed by atoms with E-state index in [0.717, 1.165) is 12.1 Å². The molecule has 2 fully saturated rings. The van der Waals surface area contributed by atoms with Crippen LogP contribution in [0.15, 0.2) is 36.4 Å². The highest BCUT2D eigenvalue weighted by atomic mass is 16.5. The summed E-state index contributed by atoms with van der Waals surface area (Å²) in [6.07, 6.45) is 2.06. The van der Waals surface area contributed by atoms with Gasteiger partial charge >= 0.3 is 0 Å². The maximum Gasteiger partial charge on any atom is 0.277 e. The van der Waals surface area contributed by atoms with E-state index in [2.05, 4.69) is 4.98 Å². The fourth-order valence-electron chi connectivity index (χ4n) is 3.88. The van der Waals surface area contributed by atoms with Crippen LogP contribution in [0, 0.1) is 0 Å². The van der Waals surface area contributed by atoms with Crippen molar-refractivity contribution in [2.75, 3.05) is 38.8 Å². The number of anilines is 1. The molecule has 0 bridgehead atoms. The quantitative estimate of drug-likeness (QED) is 0.730. The van der Waals surface area contributed by atoms with Crippen molar-refractivity contribution in [3.63, 3.8) is 0 Å². The first-order valence-corrected chi connectivity index (χ1v) is 10.2. The van der Waals surface area contributed by atoms with Crippen LogP contribution in [0.2, 0.25) is 0 Å². The van der Waals surface area contributed by atoms with Gasteiger partial charge < -0.3 is 14.4 Å². The lowest BCUT2D eigenvalue weighted by molar-refractivity contribution is -0.117. The zero-order chi connectivity index (χ0) is 22.0. The van der Waals surface area contributed by atoms with Crippen molar-refractivity contribution in [3.05, 3.63) is 47.5 Å². The van der Waals surface area contributed by atoms with Crippen LogP contribution in [0.4, 0.5) is 5.69 Å². The summed E-state index contributed by atoms with van der Waals surface area (Å²) in [6.45, 7) is 1.54. The molecule has 0 spiro atoms. The number of aromatic nitrogens is 1. The molecule has 3 heterocycles. The summed E-state index contributed by atoms with van der Waals surface area (Å²) in [5.41, 5.74) is 1.49. The zero-order valence-electron chi connectivity index (χ0n) is 17.5. The molecule has 31 heavy (non-hydrogen) atoms. The molecule has 0 saturated carbocycles. The highest BCUT2D eigenvalue weighted by Gasteiger charge is 2.33. The van der Waals surface area contributed by atoms with Gasteiger partial charge in [0.1, 0.15) is 5.56 Å². The highest BCUT2D eigenvalue weighted by molar-refractivity contribution is 6.01. The lowest BCUT2D eigenvalue weighted by Gasteiger charge is -2.28. The molecule has 162 valence electrons. The summed E-state index contributed by atoms with van der Waals surface area (Å²) in [6, 6.07) is 10.1. The molecular weight excluding hydrogens is 400 g/mol. The van der Waals surface area contributed by atoms with Gasteiger partial charge in [0.2, 0.25) is 17.7 Å². The Labute approximate surface area is 180 Å². The van der Waals surface area contributed by atoms with Crippen molar-refractivity contribution >= 4 is 23.4 Å². The number of amides is 3. The van der Waals surface area contributed by atoms with Gasteiger partial charge in [0.25, 0.3) is 11.8 Å². The molecule has 0 atom stereocenters. The molecule has 4 rings (SSSR count). The highest BCUT2D eigenvalue weighted by Crippen LogP contribution is 2.26. The van der Waals surface area contributed by atoms with Crippen LogP contribution >= 0.6 is 0 Å². The molecule has 9 heteroatoms. The van der Waals surface area contributed by atoms with E-state index in [4.69, 9.17) is 9.47 Å². The summed E-state index contributed by atoms with van der Waals surface area (Å²) in [5.74, 6) is -0.0669. The molecule has 0 N–H and O–H groups in total. The molecule has 0 unspecified atom stereocenters. The van der Waals surface area contributed by atoms with Crippen molar-refractivity contribution in [1.82, 2.24) is 15.0 Å². The number of hydrogen-bond acceptors (Lipinski definition) is 6. The Kier molecular flexibility index (Phi) is 5.75. The van der Waals surface area contributed by atoms with E-state index in [9.17, 15) is 14.4 Å². The topological polar surface area (TPSA) is 92.3 Å². The first kappa shape index (κ1) is 20.6. The van der Waals surface area contributed by atoms with Crippen molar-refractivity contribution in [3.8, 4) is 11.8 Å². The third-order valence-corrected chi connectivity index (χ3v) is 5.47. The largest absolute Gasteiger partial charge is 0.481 e. The van der Waals surface area contributed by atoms with Crippen LogP contribution in [0.5, 0.6) is 11.8 Å². The number of pyridine rings is 1. The predicted octanol–water partition coefficient (Wildman–Crippen LogP) is 2.13. The number of nitrogens with zero attached hydrogens (tertiary/aromatic N) is 4. The Hall–Kier alpha value is -3.62. The van der Waals surface area contributed by atoms with E-state index < -0.39 is 0 Å². The van der Waals surface area contributed by atoms with E-state index in [1.165, 1.54) is 24.2 Å². The fraction of sp³-hybridized carbons (Fsp3) is 0.364. The number of rotatable bonds is 5. The number of ether oxygens (including phenoxy) is 2. The second-order valence-corrected chi connectivity index (χ2v) is 7.32. The summed E-state index contributed by atoms with van der Waals surface area (Å²) in [4.78, 5) is 44.1. The molecule has 9 nitrogen and oxygen atoms in total. The third kappa shape index (κ3) is 3.90. The number of hydrazine groups is 1. The van der Waals surface area contributed by atoms with Crippen LogP contribution in [0.3, 0.4) is 0 Å². The van der Waals surface area contributed by atoms with Gasteiger partial charge in [-0.2, -0.15) is 4.98 Å². The predicted molar refractivity (Wildman–Crippen MR) is 112 cm³/mol. The van der Waals surface area contributed by atoms with E-state index in [0.29, 0.717) is 43.9 Å². The first-order valence-electron chi connectivity index (χ1n) is 10.2. The SMILES string of the molecule is COc1ccc(C(=O)N2CCCN2C(=O)c2ccc(N3CCCC3=O)cc2)c(OC)n1. The van der Waals surface area contributed by atoms with Gasteiger partial charge in [0, 0.05) is 43.4 Å². The third-order valence-electron chi connectivity index (χ3n) is 5.47. The molecular formula is C22H24N4O5. The van der Waals surface area contributed by atoms with Gasteiger partial charge in [-0.3, -0.25) is 14.4 Å². The van der Waals surface area contributed by atoms with Crippen LogP contribution in [0.1, 0.15) is 40.0 Å². The van der Waals surface area contributed by atoms with Gasteiger partial charge in [-0.25, -0.2) is 10.0 Å². The van der Waals surface area contributed by atoms with Gasteiger partial charge in [0.15, 0.2) is 0 Å². The second kappa shape index (κ2) is 8.63. The molecule has 0 aliphatic carbocycles. The molecule has 1 aromatic heterocycles. The number of carbonyl (C=O) groups is 3. The van der Waals surface area contributed by atoms with Crippen LogP contribution in [-0.4, -0.2) is 66.6 Å². The van der Waals surface area contributed by atoms with Crippen LogP contribution < -0.4 is 14.4 Å². The van der Waals surface area contributed by atoms with Crippen molar-refractivity contribution in [2.24, 2.45) is 0 Å². The van der Waals surface area contributed by atoms with Crippen LogP contribution in [-0.2, 0) is 4.79 Å². The fourth-order valence-corrected chi connectivity index (χ4v) is 3.88. The van der Waals surface area contributed by atoms with E-state index in [1.54, 1.807) is 41.3 Å². The van der Waals surface area contributed by atoms with E-state index in [-0.39, 0.29) is 29.2 Å². The number of benzene rings is 1. The molecule has 1 aromatic carbocycles. The van der Waals surface area contributed by atoms with Crippen molar-refractivity contribution in [1.29, 1.82) is 0 Å². The lowest BCUT2D eigenvalue weighted by Crippen LogP contribution is -2.45. The summed E-state index contributed by atoms with van der Waals surface area (Å²) < 4.78 is 10.3. The van der Waals surface area contributed by atoms with Gasteiger partial charge in [-0.1, -0.05) is 0 Å². The van der Waals surface area contributed by atoms with Gasteiger partial charge in [-0.05, 0) is 43.2 Å². The first-order chi connectivity index (χ1) is 15.0. The second-order valence-electron chi connectivity index (χ2n) is 7.32. The minimum atomic E-state index is -0.364. The number of carbonyl (C=O) groups excluding carboxylic acids is 3. The number of hydrogen-bond donors (Lipinski definition) is 0. The van der Waals surface area contributed by atoms with Gasteiger partial charge in [0.05, 0.1) is 14.2 Å². The molecule has 0 radical (unpaired) electrons. The smallest absolute Gasteiger partial charge is 0.277 e. The maximum absolute atomic E-state index is 13.2. The Morgan fingerprint density at radius 2 is 1.58 bits per heavy atom. The summed E-state index contributed by atoms with van der Waals surface area (Å²) in [7, 11) is 2.91. The minimum Gasteiger partial charge on any atom is -0.481 e. The Morgan fingerprint density at radius 1 is 0.871 bits per heavy atom. The normalized spacial score (nSPS) is 16.1. The molecule has 3 amide bonds. The monoisotopic (exact) mass is 424 g/mol. The molecule has 2 aliphatic heterocycles. The Balaban J connectivity index is 1.53. The summed E-state index contributed by atoms with van der Waals surface area (Å²) in [5, 5.41) is 2.87. The molecule has 2 aromatic rings. The van der Waals surface area contributed by atoms with Crippen LogP contribution in [0.25, 0.3) is 0 Å². The van der Waals surface area contributed by atoms with Gasteiger partial charge in [-0.15, -0.1) is 0 Å². The zero-order valence-corrected chi connectivity index (χ0v) is 17.5. The van der Waals surface area contributed by atoms with Crippen molar-refractivity contribution in [2.45, 2.75) is 19.3 Å². The Bertz CT molecular complexity index is 1010. The maximum atomic E-state index is 13.2.